The lowest BCUT2D eigenvalue weighted by molar-refractivity contribution is 0.932. The normalized spacial score (nSPS) is 20.0. The molecule has 0 aromatic carbocycles. The van der Waals surface area contributed by atoms with Crippen molar-refractivity contribution in [3.8, 4) is 0 Å². The molecule has 0 atom stereocenters. The van der Waals surface area contributed by atoms with Gasteiger partial charge in [-0.1, -0.05) is 50.5 Å². The van der Waals surface area contributed by atoms with Crippen LogP contribution in [-0.4, -0.2) is 19.0 Å². The predicted octanol–water partition coefficient (Wildman–Crippen LogP) is 8.00. The lowest BCUT2D eigenvalue weighted by Gasteiger charge is -2.21. The molecule has 1 aliphatic rings. The fourth-order valence-corrected chi connectivity index (χ4v) is 3.95. The van der Waals surface area contributed by atoms with Crippen molar-refractivity contribution in [1.82, 2.24) is 0 Å². The third kappa shape index (κ3) is 6.53. The smallest absolute Gasteiger partial charge is 0.0675 e. The van der Waals surface area contributed by atoms with Crippen LogP contribution in [-0.2, 0) is 0 Å². The first-order chi connectivity index (χ1) is 12.9. The van der Waals surface area contributed by atoms with Gasteiger partial charge in [0.05, 0.1) is 5.71 Å². The Balaban J connectivity index is 3.62. The summed E-state index contributed by atoms with van der Waals surface area (Å²) in [5.74, 6) is 0. The number of hydrogen-bond acceptors (Lipinski definition) is 2. The van der Waals surface area contributed by atoms with Crippen LogP contribution >= 0.6 is 11.8 Å². The summed E-state index contributed by atoms with van der Waals surface area (Å²) in [6, 6.07) is 0. The maximum Gasteiger partial charge on any atom is 0.0675 e. The molecule has 1 rings (SSSR count). The topological polar surface area (TPSA) is 12.4 Å². The average molecular weight is 384 g/mol. The van der Waals surface area contributed by atoms with Gasteiger partial charge in [0.2, 0.25) is 0 Å². The monoisotopic (exact) mass is 383 g/mol. The summed E-state index contributed by atoms with van der Waals surface area (Å²) in [6.45, 7) is 13.3. The fourth-order valence-electron chi connectivity index (χ4n) is 3.20. The Bertz CT molecular complexity index is 736. The predicted molar refractivity (Wildman–Crippen MR) is 127 cm³/mol. The molecule has 0 radical (unpaired) electrons. The van der Waals surface area contributed by atoms with Gasteiger partial charge >= 0.3 is 0 Å². The van der Waals surface area contributed by atoms with Crippen LogP contribution in [0.2, 0.25) is 0 Å². The molecule has 0 amide bonds. The molecule has 27 heavy (non-hydrogen) atoms. The molecule has 0 bridgehead atoms. The van der Waals surface area contributed by atoms with Crippen LogP contribution in [0.3, 0.4) is 0 Å². The second kappa shape index (κ2) is 12.0. The standard InChI is InChI=1S/C25H37NS/c1-9-12-14-19(5)25(27-8)23-16-21(13-10-2)24(26-7)22(17-23)15-20(6)18(4)11-3/h12,14-17H,9-11,13H2,1-8H3/b14-12+,20-18+,22-15-,25-19-,26-24-. The first-order valence-electron chi connectivity index (χ1n) is 10.1. The summed E-state index contributed by atoms with van der Waals surface area (Å²) in [4.78, 5) is 6.01. The highest BCUT2D eigenvalue weighted by molar-refractivity contribution is 8.02. The summed E-state index contributed by atoms with van der Waals surface area (Å²) in [7, 11) is 1.91. The molecule has 0 heterocycles. The molecule has 0 aromatic rings. The van der Waals surface area contributed by atoms with Crippen LogP contribution in [0.15, 0.2) is 73.7 Å². The highest BCUT2D eigenvalue weighted by atomic mass is 32.2. The lowest BCUT2D eigenvalue weighted by atomic mass is 9.88. The summed E-state index contributed by atoms with van der Waals surface area (Å²) in [5.41, 5.74) is 9.15. The number of aliphatic imine (C=N–C) groups is 1. The molecular weight excluding hydrogens is 346 g/mol. The van der Waals surface area contributed by atoms with E-state index in [9.17, 15) is 0 Å². The van der Waals surface area contributed by atoms with Gasteiger partial charge in [0, 0.05) is 17.5 Å². The zero-order valence-electron chi connectivity index (χ0n) is 18.6. The molecule has 1 nitrogen and oxygen atoms in total. The number of rotatable bonds is 8. The van der Waals surface area contributed by atoms with E-state index in [1.807, 2.05) is 18.8 Å². The van der Waals surface area contributed by atoms with E-state index in [0.29, 0.717) is 0 Å². The van der Waals surface area contributed by atoms with Gasteiger partial charge in [0.15, 0.2) is 0 Å². The van der Waals surface area contributed by atoms with Crippen molar-refractivity contribution in [3.05, 3.63) is 68.7 Å². The van der Waals surface area contributed by atoms with Crippen LogP contribution in [0.5, 0.6) is 0 Å². The number of nitrogens with zero attached hydrogens (tertiary/aromatic N) is 1. The van der Waals surface area contributed by atoms with Crippen molar-refractivity contribution in [1.29, 1.82) is 0 Å². The van der Waals surface area contributed by atoms with Crippen LogP contribution < -0.4 is 0 Å². The second-order valence-electron chi connectivity index (χ2n) is 7.03. The molecule has 0 aliphatic heterocycles. The highest BCUT2D eigenvalue weighted by Crippen LogP contribution is 2.34. The van der Waals surface area contributed by atoms with Crippen molar-refractivity contribution >= 4 is 17.5 Å². The van der Waals surface area contributed by atoms with E-state index in [-0.39, 0.29) is 0 Å². The minimum absolute atomic E-state index is 1.06. The third-order valence-corrected chi connectivity index (χ3v) is 5.93. The summed E-state index contributed by atoms with van der Waals surface area (Å²) in [6.07, 6.45) is 18.0. The van der Waals surface area contributed by atoms with E-state index in [1.165, 1.54) is 38.3 Å². The molecular formula is C25H37NS. The SMILES string of the molecule is CC/C=C/C(C)=C(\SC)C1=CC(=C/C(C)=C(\C)CC)/C(=N\C)C(CCC)=C1. The molecule has 0 aromatic heterocycles. The largest absolute Gasteiger partial charge is 0.288 e. The van der Waals surface area contributed by atoms with Crippen molar-refractivity contribution in [2.75, 3.05) is 13.3 Å². The van der Waals surface area contributed by atoms with Gasteiger partial charge in [0.1, 0.15) is 0 Å². The van der Waals surface area contributed by atoms with Crippen LogP contribution in [0.1, 0.15) is 67.2 Å². The maximum atomic E-state index is 4.66. The van der Waals surface area contributed by atoms with Gasteiger partial charge in [-0.05, 0) is 81.2 Å². The molecule has 0 N–H and O–H groups in total. The second-order valence-corrected chi connectivity index (χ2v) is 7.85. The van der Waals surface area contributed by atoms with Gasteiger partial charge < -0.3 is 0 Å². The highest BCUT2D eigenvalue weighted by Gasteiger charge is 2.19. The minimum Gasteiger partial charge on any atom is -0.288 e. The van der Waals surface area contributed by atoms with Gasteiger partial charge in [-0.2, -0.15) is 0 Å². The van der Waals surface area contributed by atoms with Crippen molar-refractivity contribution in [2.45, 2.75) is 67.2 Å². The van der Waals surface area contributed by atoms with E-state index < -0.39 is 0 Å². The molecule has 2 heteroatoms. The average Bonchev–Trinajstić information content (AvgIpc) is 2.66. The molecule has 0 fully saturated rings. The Hall–Kier alpha value is -1.54. The summed E-state index contributed by atoms with van der Waals surface area (Å²) < 4.78 is 0. The Morgan fingerprint density at radius 3 is 2.30 bits per heavy atom. The molecule has 148 valence electrons. The van der Waals surface area contributed by atoms with E-state index in [1.54, 1.807) is 0 Å². The van der Waals surface area contributed by atoms with Crippen molar-refractivity contribution in [2.24, 2.45) is 4.99 Å². The van der Waals surface area contributed by atoms with E-state index in [0.717, 1.165) is 31.4 Å². The van der Waals surface area contributed by atoms with Gasteiger partial charge in [-0.15, -0.1) is 11.8 Å². The maximum absolute atomic E-state index is 4.66. The number of hydrogen-bond donors (Lipinski definition) is 0. The first-order valence-corrected chi connectivity index (χ1v) is 11.3. The Labute approximate surface area is 171 Å². The molecule has 0 spiro atoms. The molecule has 0 unspecified atom stereocenters. The lowest BCUT2D eigenvalue weighted by Crippen LogP contribution is -2.12. The Morgan fingerprint density at radius 2 is 1.78 bits per heavy atom. The van der Waals surface area contributed by atoms with Gasteiger partial charge in [-0.3, -0.25) is 4.99 Å². The van der Waals surface area contributed by atoms with Crippen LogP contribution in [0.4, 0.5) is 0 Å². The summed E-state index contributed by atoms with van der Waals surface area (Å²) in [5, 5.41) is 0. The minimum atomic E-state index is 1.06. The van der Waals surface area contributed by atoms with E-state index in [4.69, 9.17) is 0 Å². The van der Waals surface area contributed by atoms with Gasteiger partial charge in [-0.25, -0.2) is 0 Å². The summed E-state index contributed by atoms with van der Waals surface area (Å²) >= 11 is 1.83. The Kier molecular flexibility index (Phi) is 10.5. The fraction of sp³-hybridized carbons (Fsp3) is 0.480. The van der Waals surface area contributed by atoms with Crippen LogP contribution in [0.25, 0.3) is 0 Å². The van der Waals surface area contributed by atoms with Crippen LogP contribution in [0, 0.1) is 0 Å². The molecule has 0 saturated heterocycles. The van der Waals surface area contributed by atoms with E-state index >= 15 is 0 Å². The van der Waals surface area contributed by atoms with Crippen molar-refractivity contribution in [3.63, 3.8) is 0 Å². The molecule has 1 aliphatic carbocycles. The number of allylic oxidation sites excluding steroid dienone is 11. The number of thioether (sulfide) groups is 1. The van der Waals surface area contributed by atoms with Gasteiger partial charge in [0.25, 0.3) is 0 Å². The molecule has 0 saturated carbocycles. The van der Waals surface area contributed by atoms with Crippen molar-refractivity contribution < 1.29 is 0 Å². The first kappa shape index (κ1) is 23.5. The third-order valence-electron chi connectivity index (χ3n) is 4.96. The quantitative estimate of drug-likeness (QED) is 0.387. The zero-order valence-corrected chi connectivity index (χ0v) is 19.4. The Morgan fingerprint density at radius 1 is 1.07 bits per heavy atom. The van der Waals surface area contributed by atoms with E-state index in [2.05, 4.69) is 83.2 Å². The zero-order chi connectivity index (χ0) is 20.4.